The molecule has 0 bridgehead atoms. The third-order valence-corrected chi connectivity index (χ3v) is 30.1. The van der Waals surface area contributed by atoms with Gasteiger partial charge in [0.05, 0.1) is 50.0 Å². The number of aromatic nitrogens is 16. The van der Waals surface area contributed by atoms with Gasteiger partial charge in [-0.25, -0.2) is 39.9 Å². The van der Waals surface area contributed by atoms with Crippen LogP contribution in [0.1, 0.15) is 250 Å². The standard InChI is InChI=1S/C26H25BrN6O2S.2C25H30N6O2S.C23H22N6O3S/c1-14-7-15(2)9-19(8-14)20(34)10-17-12-33(13-17)25(35)21-22-24(29-16(3)36-22)32-26(30-21)31-23(27)18-5-4-6-28-11-18;2*1-15(19-9-6-10-26-12-19)27-25-29-21(22-23(30-25)28-16(2)34-22)24(33)31-13-17(14-31)11-20(32)18-7-4-3-5-8-18;1-13(16-4-3-6-24-9-16)25-23-27-19(20-21(28-23)26-14(2)33-20)22(31)29-10-15(11-29)8-18(30)17-5-7-32-12-17/h4-9,11,17,23H,10,12-13H2,1-3H3,(H,30,31,32);2*6,9-10,12,15,17-18H,3-5,7-8,11,13-14H2,1-2H3,(H,27,29,30);3-7,9,12-13,15H,8,10-11H2,1-2H3,(H,25,27,28)/t;2*15-;13-/m.000/s1. The molecule has 14 aromatic rings. The zero-order valence-electron chi connectivity index (χ0n) is 77.7. The zero-order valence-corrected chi connectivity index (χ0v) is 82.5. The molecular formula is C99H107BrN24O9S4. The highest BCUT2D eigenvalue weighted by Crippen LogP contribution is 2.39. The molecule has 1 aromatic carbocycles. The average molecular weight is 1990 g/mol. The summed E-state index contributed by atoms with van der Waals surface area (Å²) >= 11 is 9.28. The Balaban J connectivity index is 0.000000127. The minimum Gasteiger partial charge on any atom is -0.472 e. The van der Waals surface area contributed by atoms with E-state index in [1.165, 1.54) is 96.4 Å². The monoisotopic (exact) mass is 1980 g/mol. The van der Waals surface area contributed by atoms with Crippen LogP contribution in [0.15, 0.2) is 139 Å². The predicted molar refractivity (Wildman–Crippen MR) is 531 cm³/mol. The second-order valence-electron chi connectivity index (χ2n) is 36.3. The normalized spacial score (nSPS) is 16.3. The van der Waals surface area contributed by atoms with E-state index in [-0.39, 0.29) is 93.8 Å². The summed E-state index contributed by atoms with van der Waals surface area (Å²) in [6.45, 7) is 22.1. The Kier molecular flexibility index (Phi) is 30.3. The molecule has 6 fully saturated rings. The van der Waals surface area contributed by atoms with Gasteiger partial charge in [0, 0.05) is 174 Å². The van der Waals surface area contributed by atoms with Gasteiger partial charge in [-0.05, 0) is 147 Å². The van der Waals surface area contributed by atoms with Crippen LogP contribution in [0.2, 0.25) is 0 Å². The highest BCUT2D eigenvalue weighted by molar-refractivity contribution is 9.09. The zero-order chi connectivity index (χ0) is 95.7. The molecule has 2 saturated carbocycles. The van der Waals surface area contributed by atoms with Crippen molar-refractivity contribution < 1.29 is 42.8 Å². The molecule has 0 radical (unpaired) electrons. The van der Waals surface area contributed by atoms with E-state index >= 15 is 0 Å². The molecule has 4 amide bonds. The molecule has 4 atom stereocenters. The Morgan fingerprint density at radius 2 is 0.672 bits per heavy atom. The summed E-state index contributed by atoms with van der Waals surface area (Å²) in [6.07, 6.45) is 30.2. The van der Waals surface area contributed by atoms with Gasteiger partial charge in [0.25, 0.3) is 23.6 Å². The topological polar surface area (TPSA) is 417 Å². The number of ketones is 4. The SMILES string of the molecule is Cc1cc(C)cc(C(=O)CC2CN(C(=O)c3nc(NC(Br)c4cccnc4)nc4nc(C)sc34)C2)c1.Cc1nc2nc(N[C@@H](C)c3cccnc3)nc(C(=O)N3CC(CC(=O)C4CCCCC4)C3)c2s1.Cc1nc2nc(N[C@@H](C)c3cccnc3)nc(C(=O)N3CC(CC(=O)C4CCCCC4)C3)c2s1.Cc1nc2nc(N[C@@H](C)c3cccnc3)nc(C(=O)N3CC(CC(=O)c4ccoc4)C3)c2s1. The van der Waals surface area contributed by atoms with Crippen LogP contribution in [0.3, 0.4) is 0 Å². The number of pyridine rings is 4. The second-order valence-corrected chi connectivity index (χ2v) is 42.1. The Hall–Kier alpha value is -12.8. The van der Waals surface area contributed by atoms with Gasteiger partial charge in [-0.15, -0.1) is 45.3 Å². The number of furan rings is 1. The fourth-order valence-electron chi connectivity index (χ4n) is 18.1. The first-order valence-corrected chi connectivity index (χ1v) is 50.7. The van der Waals surface area contributed by atoms with Crippen LogP contribution in [-0.2, 0) is 9.59 Å². The first-order chi connectivity index (χ1) is 66.2. The van der Waals surface area contributed by atoms with E-state index in [1.807, 2.05) is 123 Å². The van der Waals surface area contributed by atoms with Crippen LogP contribution in [0.4, 0.5) is 23.8 Å². The minimum atomic E-state index is -0.281. The first kappa shape index (κ1) is 95.9. The highest BCUT2D eigenvalue weighted by Gasteiger charge is 2.41. The number of nitrogens with one attached hydrogen (secondary N) is 4. The fourth-order valence-corrected chi connectivity index (χ4v) is 22.0. The van der Waals surface area contributed by atoms with Crippen molar-refractivity contribution in [2.75, 3.05) is 73.6 Å². The molecule has 17 heterocycles. The van der Waals surface area contributed by atoms with Crippen molar-refractivity contribution >= 4 is 173 Å². The maximum absolute atomic E-state index is 13.4. The molecule has 38 heteroatoms. The van der Waals surface area contributed by atoms with Gasteiger partial charge in [0.15, 0.2) is 56.9 Å². The molecule has 13 aromatic heterocycles. The van der Waals surface area contributed by atoms with Gasteiger partial charge >= 0.3 is 0 Å². The molecule has 708 valence electrons. The minimum absolute atomic E-state index is 0.0271. The number of halogens is 1. The second kappa shape index (κ2) is 43.3. The lowest BCUT2D eigenvalue weighted by molar-refractivity contribution is -0.126. The van der Waals surface area contributed by atoms with E-state index < -0.39 is 0 Å². The van der Waals surface area contributed by atoms with E-state index in [0.29, 0.717) is 183 Å². The number of aryl methyl sites for hydroxylation is 6. The molecule has 20 rings (SSSR count). The molecule has 137 heavy (non-hydrogen) atoms. The van der Waals surface area contributed by atoms with Crippen molar-refractivity contribution in [3.05, 3.63) is 222 Å². The summed E-state index contributed by atoms with van der Waals surface area (Å²) in [4.78, 5) is 182. The van der Waals surface area contributed by atoms with Crippen LogP contribution in [0, 0.1) is 77.0 Å². The molecule has 4 N–H and O–H groups in total. The summed E-state index contributed by atoms with van der Waals surface area (Å²) in [5.41, 5.74) is 10.9. The summed E-state index contributed by atoms with van der Waals surface area (Å²) in [5.74, 6) is 2.98. The lowest BCUT2D eigenvalue weighted by Gasteiger charge is -2.39. The molecule has 1 unspecified atom stereocenters. The summed E-state index contributed by atoms with van der Waals surface area (Å²) in [5, 5.41) is 16.3. The Labute approximate surface area is 816 Å². The van der Waals surface area contributed by atoms with Crippen LogP contribution in [0.25, 0.3) is 41.4 Å². The maximum Gasteiger partial charge on any atom is 0.274 e. The number of fused-ring (bicyclic) bond motifs is 4. The number of rotatable bonds is 28. The van der Waals surface area contributed by atoms with E-state index in [0.717, 1.165) is 84.7 Å². The Morgan fingerprint density at radius 3 is 0.971 bits per heavy atom. The molecule has 6 aliphatic rings. The molecule has 4 saturated heterocycles. The van der Waals surface area contributed by atoms with Crippen LogP contribution < -0.4 is 21.3 Å². The number of nitrogens with zero attached hydrogens (tertiary/aromatic N) is 20. The molecule has 4 aliphatic heterocycles. The van der Waals surface area contributed by atoms with E-state index in [4.69, 9.17) is 4.42 Å². The number of carbonyl (C=O) groups excluding carboxylic acids is 8. The van der Waals surface area contributed by atoms with Crippen LogP contribution >= 0.6 is 61.3 Å². The quantitative estimate of drug-likeness (QED) is 0.0201. The van der Waals surface area contributed by atoms with Crippen LogP contribution in [0.5, 0.6) is 0 Å². The Morgan fingerprint density at radius 1 is 0.372 bits per heavy atom. The van der Waals surface area contributed by atoms with E-state index in [1.54, 1.807) is 75.2 Å². The largest absolute Gasteiger partial charge is 0.472 e. The third kappa shape index (κ3) is 23.4. The number of likely N-dealkylation sites (tertiary alicyclic amines) is 4. The van der Waals surface area contributed by atoms with Gasteiger partial charge in [0.1, 0.15) is 41.6 Å². The van der Waals surface area contributed by atoms with Crippen molar-refractivity contribution in [3.8, 4) is 0 Å². The Bertz CT molecular complexity index is 6510. The number of hydrogen-bond acceptors (Lipinski definition) is 33. The molecule has 0 spiro atoms. The number of benzene rings is 1. The summed E-state index contributed by atoms with van der Waals surface area (Å²) < 4.78 is 7.75. The van der Waals surface area contributed by atoms with E-state index in [9.17, 15) is 38.4 Å². The van der Waals surface area contributed by atoms with Gasteiger partial charge in [-0.2, -0.15) is 19.9 Å². The smallest absolute Gasteiger partial charge is 0.274 e. The van der Waals surface area contributed by atoms with Crippen molar-refractivity contribution in [2.45, 2.75) is 175 Å². The number of hydrogen-bond donors (Lipinski definition) is 4. The third-order valence-electron chi connectivity index (χ3n) is 25.5. The number of Topliss-reactive ketones (excluding diaryl/α,β-unsaturated/α-hetero) is 4. The first-order valence-electron chi connectivity index (χ1n) is 46.5. The van der Waals surface area contributed by atoms with Crippen molar-refractivity contribution in [3.63, 3.8) is 0 Å². The average Bonchev–Trinajstić information content (AvgIpc) is 1.61. The van der Waals surface area contributed by atoms with Crippen molar-refractivity contribution in [2.24, 2.45) is 35.5 Å². The van der Waals surface area contributed by atoms with Gasteiger partial charge in [-0.1, -0.05) is 95.9 Å². The van der Waals surface area contributed by atoms with Gasteiger partial charge < -0.3 is 45.3 Å². The van der Waals surface area contributed by atoms with Gasteiger partial charge in [0.2, 0.25) is 23.8 Å². The fraction of sp³-hybridized carbons (Fsp3) is 0.414. The molecule has 2 aliphatic carbocycles. The van der Waals surface area contributed by atoms with Crippen LogP contribution in [-0.4, -0.2) is 198 Å². The number of alkyl halides is 1. The molecule has 33 nitrogen and oxygen atoms in total. The van der Waals surface area contributed by atoms with Gasteiger partial charge in [-0.3, -0.25) is 58.3 Å². The lowest BCUT2D eigenvalue weighted by Crippen LogP contribution is -2.51. The van der Waals surface area contributed by atoms with Crippen molar-refractivity contribution in [1.82, 2.24) is 99.3 Å². The van der Waals surface area contributed by atoms with Crippen molar-refractivity contribution in [1.29, 1.82) is 0 Å². The highest BCUT2D eigenvalue weighted by atomic mass is 79.9. The number of carbonyl (C=O) groups is 8. The number of anilines is 4. The number of amides is 4. The molecular weight excluding hydrogens is 1880 g/mol. The lowest BCUT2D eigenvalue weighted by atomic mass is 9.81. The maximum atomic E-state index is 13.4. The number of thiazole rings is 4. The summed E-state index contributed by atoms with van der Waals surface area (Å²) in [7, 11) is 0. The predicted octanol–water partition coefficient (Wildman–Crippen LogP) is 18.3. The summed E-state index contributed by atoms with van der Waals surface area (Å²) in [6, 6.07) is 22.7. The van der Waals surface area contributed by atoms with E-state index in [2.05, 4.69) is 123 Å².